The lowest BCUT2D eigenvalue weighted by atomic mass is 9.94. The molecule has 0 saturated carbocycles. The molecular weight excluding hydrogens is 262 g/mol. The van der Waals surface area contributed by atoms with Gasteiger partial charge in [-0.2, -0.15) is 0 Å². The fourth-order valence-corrected chi connectivity index (χ4v) is 3.67. The van der Waals surface area contributed by atoms with Gasteiger partial charge in [-0.1, -0.05) is 18.2 Å². The number of carbonyl (C=O) groups excluding carboxylic acids is 1. The number of carbonyl (C=O) groups is 1. The average molecular weight is 281 g/mol. The first-order chi connectivity index (χ1) is 10.3. The number of piperidine rings is 1. The number of nitrogens with zero attached hydrogens (tertiary/aromatic N) is 2. The summed E-state index contributed by atoms with van der Waals surface area (Å²) in [4.78, 5) is 19.2. The van der Waals surface area contributed by atoms with Crippen molar-refractivity contribution in [1.29, 1.82) is 0 Å². The summed E-state index contributed by atoms with van der Waals surface area (Å²) in [6, 6.07) is 10.2. The molecule has 1 aromatic heterocycles. The Morgan fingerprint density at radius 3 is 3.05 bits per heavy atom. The summed E-state index contributed by atoms with van der Waals surface area (Å²) in [5.41, 5.74) is 1.66. The van der Waals surface area contributed by atoms with E-state index in [9.17, 15) is 4.79 Å². The van der Waals surface area contributed by atoms with Crippen molar-refractivity contribution in [1.82, 2.24) is 15.2 Å². The minimum absolute atomic E-state index is 0.143. The van der Waals surface area contributed by atoms with Gasteiger partial charge in [0, 0.05) is 30.7 Å². The number of benzene rings is 1. The standard InChI is InChI=1S/C17H19N3O/c21-17(20-10-12-4-3-8-18-16(12)11-20)14-7-9-19-15-6-2-1-5-13(14)15/h1-2,5-7,9,12,16,18H,3-4,8,10-11H2/t12-,16+/m0/s1. The van der Waals surface area contributed by atoms with E-state index in [4.69, 9.17) is 0 Å². The number of amides is 1. The van der Waals surface area contributed by atoms with Crippen LogP contribution in [0.2, 0.25) is 0 Å². The molecule has 2 aliphatic rings. The zero-order chi connectivity index (χ0) is 14.2. The lowest BCUT2D eigenvalue weighted by Crippen LogP contribution is -2.41. The van der Waals surface area contributed by atoms with E-state index < -0.39 is 0 Å². The maximum atomic E-state index is 12.9. The van der Waals surface area contributed by atoms with Crippen molar-refractivity contribution in [2.24, 2.45) is 5.92 Å². The van der Waals surface area contributed by atoms with Crippen LogP contribution in [-0.2, 0) is 0 Å². The number of hydrogen-bond donors (Lipinski definition) is 1. The van der Waals surface area contributed by atoms with Crippen molar-refractivity contribution in [3.05, 3.63) is 42.1 Å². The van der Waals surface area contributed by atoms with Gasteiger partial charge in [0.25, 0.3) is 5.91 Å². The summed E-state index contributed by atoms with van der Waals surface area (Å²) >= 11 is 0. The minimum Gasteiger partial charge on any atom is -0.337 e. The number of nitrogens with one attached hydrogen (secondary N) is 1. The van der Waals surface area contributed by atoms with Crippen LogP contribution in [0.3, 0.4) is 0 Å². The first kappa shape index (κ1) is 12.8. The molecular formula is C17H19N3O. The average Bonchev–Trinajstić information content (AvgIpc) is 2.97. The Morgan fingerprint density at radius 2 is 2.14 bits per heavy atom. The molecule has 108 valence electrons. The van der Waals surface area contributed by atoms with Gasteiger partial charge in [-0.25, -0.2) is 0 Å². The van der Waals surface area contributed by atoms with Crippen LogP contribution in [0.1, 0.15) is 23.2 Å². The summed E-state index contributed by atoms with van der Waals surface area (Å²) in [6.07, 6.45) is 4.19. The predicted octanol–water partition coefficient (Wildman–Crippen LogP) is 2.06. The van der Waals surface area contributed by atoms with Crippen LogP contribution in [0.4, 0.5) is 0 Å². The number of para-hydroxylation sites is 1. The lowest BCUT2D eigenvalue weighted by Gasteiger charge is -2.24. The third-order valence-corrected chi connectivity index (χ3v) is 4.77. The highest BCUT2D eigenvalue weighted by Crippen LogP contribution is 2.27. The zero-order valence-electron chi connectivity index (χ0n) is 12.0. The molecule has 2 aliphatic heterocycles. The van der Waals surface area contributed by atoms with Gasteiger partial charge in [0.05, 0.1) is 11.1 Å². The minimum atomic E-state index is 0.143. The van der Waals surface area contributed by atoms with Crippen LogP contribution in [0.15, 0.2) is 36.5 Å². The quantitative estimate of drug-likeness (QED) is 0.870. The van der Waals surface area contributed by atoms with Crippen LogP contribution in [0.25, 0.3) is 10.9 Å². The molecule has 1 amide bonds. The van der Waals surface area contributed by atoms with Crippen molar-refractivity contribution in [2.75, 3.05) is 19.6 Å². The first-order valence-electron chi connectivity index (χ1n) is 7.69. The largest absolute Gasteiger partial charge is 0.337 e. The number of fused-ring (bicyclic) bond motifs is 2. The molecule has 4 heteroatoms. The van der Waals surface area contributed by atoms with Crippen molar-refractivity contribution in [2.45, 2.75) is 18.9 Å². The highest BCUT2D eigenvalue weighted by atomic mass is 16.2. The van der Waals surface area contributed by atoms with Crippen LogP contribution < -0.4 is 5.32 Å². The molecule has 0 bridgehead atoms. The molecule has 2 aromatic rings. The molecule has 2 saturated heterocycles. The van der Waals surface area contributed by atoms with Crippen molar-refractivity contribution in [3.8, 4) is 0 Å². The topological polar surface area (TPSA) is 45.2 Å². The van der Waals surface area contributed by atoms with Gasteiger partial charge in [-0.15, -0.1) is 0 Å². The first-order valence-corrected chi connectivity index (χ1v) is 7.69. The Labute approximate surface area is 124 Å². The van der Waals surface area contributed by atoms with E-state index in [0.29, 0.717) is 12.0 Å². The van der Waals surface area contributed by atoms with Gasteiger partial charge in [-0.05, 0) is 37.4 Å². The summed E-state index contributed by atoms with van der Waals surface area (Å²) < 4.78 is 0. The second-order valence-electron chi connectivity index (χ2n) is 6.05. The molecule has 3 heterocycles. The van der Waals surface area contributed by atoms with E-state index in [1.807, 2.05) is 35.2 Å². The van der Waals surface area contributed by atoms with Crippen LogP contribution >= 0.6 is 0 Å². The van der Waals surface area contributed by atoms with Gasteiger partial charge in [0.1, 0.15) is 0 Å². The summed E-state index contributed by atoms with van der Waals surface area (Å²) in [5.74, 6) is 0.764. The fraction of sp³-hybridized carbons (Fsp3) is 0.412. The maximum absolute atomic E-state index is 12.9. The lowest BCUT2D eigenvalue weighted by molar-refractivity contribution is 0.0787. The Balaban J connectivity index is 1.65. The van der Waals surface area contributed by atoms with E-state index in [2.05, 4.69) is 10.3 Å². The summed E-state index contributed by atoms with van der Waals surface area (Å²) in [7, 11) is 0. The monoisotopic (exact) mass is 281 g/mol. The van der Waals surface area contributed by atoms with Crippen molar-refractivity contribution >= 4 is 16.8 Å². The third kappa shape index (κ3) is 2.20. The summed E-state index contributed by atoms with van der Waals surface area (Å²) in [5, 5.41) is 4.50. The number of likely N-dealkylation sites (tertiary alicyclic amines) is 1. The smallest absolute Gasteiger partial charge is 0.254 e. The van der Waals surface area contributed by atoms with E-state index in [1.165, 1.54) is 12.8 Å². The van der Waals surface area contributed by atoms with E-state index in [0.717, 1.165) is 36.1 Å². The van der Waals surface area contributed by atoms with Crippen LogP contribution in [0.5, 0.6) is 0 Å². The van der Waals surface area contributed by atoms with E-state index in [-0.39, 0.29) is 5.91 Å². The normalized spacial score (nSPS) is 25.0. The number of pyridine rings is 1. The molecule has 0 unspecified atom stereocenters. The van der Waals surface area contributed by atoms with Gasteiger partial charge in [-0.3, -0.25) is 9.78 Å². The molecule has 0 aliphatic carbocycles. The highest BCUT2D eigenvalue weighted by Gasteiger charge is 2.36. The third-order valence-electron chi connectivity index (χ3n) is 4.77. The Hall–Kier alpha value is -1.94. The summed E-state index contributed by atoms with van der Waals surface area (Å²) in [6.45, 7) is 2.80. The maximum Gasteiger partial charge on any atom is 0.254 e. The second-order valence-corrected chi connectivity index (χ2v) is 6.05. The van der Waals surface area contributed by atoms with Crippen LogP contribution in [0, 0.1) is 5.92 Å². The number of rotatable bonds is 1. The number of hydrogen-bond acceptors (Lipinski definition) is 3. The molecule has 2 atom stereocenters. The molecule has 0 spiro atoms. The van der Waals surface area contributed by atoms with Crippen LogP contribution in [-0.4, -0.2) is 41.5 Å². The molecule has 21 heavy (non-hydrogen) atoms. The molecule has 4 nitrogen and oxygen atoms in total. The highest BCUT2D eigenvalue weighted by molar-refractivity contribution is 6.06. The Kier molecular flexibility index (Phi) is 3.11. The molecule has 4 rings (SSSR count). The number of aromatic nitrogens is 1. The van der Waals surface area contributed by atoms with Gasteiger partial charge in [0.2, 0.25) is 0 Å². The molecule has 1 N–H and O–H groups in total. The van der Waals surface area contributed by atoms with Crippen molar-refractivity contribution < 1.29 is 4.79 Å². The molecule has 0 radical (unpaired) electrons. The fourth-order valence-electron chi connectivity index (χ4n) is 3.67. The Bertz CT molecular complexity index is 665. The van der Waals surface area contributed by atoms with Gasteiger partial charge >= 0.3 is 0 Å². The zero-order valence-corrected chi connectivity index (χ0v) is 12.0. The SMILES string of the molecule is O=C(c1ccnc2ccccc12)N1C[C@@H]2CCCN[C@@H]2C1. The predicted molar refractivity (Wildman–Crippen MR) is 82.2 cm³/mol. The van der Waals surface area contributed by atoms with E-state index in [1.54, 1.807) is 6.20 Å². The Morgan fingerprint density at radius 1 is 1.24 bits per heavy atom. The van der Waals surface area contributed by atoms with Gasteiger partial charge in [0.15, 0.2) is 0 Å². The van der Waals surface area contributed by atoms with Gasteiger partial charge < -0.3 is 10.2 Å². The molecule has 1 aromatic carbocycles. The second kappa shape index (κ2) is 5.11. The molecule has 2 fully saturated rings. The van der Waals surface area contributed by atoms with Crippen molar-refractivity contribution in [3.63, 3.8) is 0 Å². The van der Waals surface area contributed by atoms with E-state index >= 15 is 0 Å².